The lowest BCUT2D eigenvalue weighted by atomic mass is 10.1. The monoisotopic (exact) mass is 496 g/mol. The summed E-state index contributed by atoms with van der Waals surface area (Å²) in [6.07, 6.45) is -4.58. The SMILES string of the molecule is COC(=O)c1c(NC(=O)c2ccccc2Cl)sc(C(=O)Nc2cccc(C(F)(F)F)c2)c1C. The highest BCUT2D eigenvalue weighted by Gasteiger charge is 2.31. The first-order valence-electron chi connectivity index (χ1n) is 9.29. The summed E-state index contributed by atoms with van der Waals surface area (Å²) < 4.78 is 43.6. The van der Waals surface area contributed by atoms with Gasteiger partial charge in [-0.3, -0.25) is 9.59 Å². The average Bonchev–Trinajstić information content (AvgIpc) is 3.08. The van der Waals surface area contributed by atoms with Crippen molar-refractivity contribution < 1.29 is 32.3 Å². The Balaban J connectivity index is 1.94. The molecule has 0 atom stereocenters. The number of ether oxygens (including phenoxy) is 1. The van der Waals surface area contributed by atoms with E-state index in [1.165, 1.54) is 25.1 Å². The van der Waals surface area contributed by atoms with Gasteiger partial charge in [0, 0.05) is 5.69 Å². The maximum Gasteiger partial charge on any atom is 0.416 e. The first-order chi connectivity index (χ1) is 15.5. The van der Waals surface area contributed by atoms with Crippen LogP contribution in [0.3, 0.4) is 0 Å². The smallest absolute Gasteiger partial charge is 0.416 e. The molecule has 0 aliphatic rings. The molecule has 172 valence electrons. The van der Waals surface area contributed by atoms with Gasteiger partial charge in [-0.1, -0.05) is 29.8 Å². The van der Waals surface area contributed by atoms with Gasteiger partial charge in [0.2, 0.25) is 0 Å². The highest BCUT2D eigenvalue weighted by molar-refractivity contribution is 7.19. The minimum absolute atomic E-state index is 0.0160. The van der Waals surface area contributed by atoms with Crippen molar-refractivity contribution in [1.82, 2.24) is 0 Å². The molecule has 0 saturated carbocycles. The third-order valence-corrected chi connectivity index (χ3v) is 6.07. The maximum atomic E-state index is 13.0. The van der Waals surface area contributed by atoms with E-state index in [2.05, 4.69) is 10.6 Å². The Kier molecular flexibility index (Phi) is 7.09. The van der Waals surface area contributed by atoms with Crippen LogP contribution in [0.1, 0.15) is 41.5 Å². The molecule has 6 nitrogen and oxygen atoms in total. The number of hydrogen-bond acceptors (Lipinski definition) is 5. The Hall–Kier alpha value is -3.37. The van der Waals surface area contributed by atoms with Crippen LogP contribution in [0, 0.1) is 6.92 Å². The number of esters is 1. The number of amides is 2. The number of halogens is 4. The quantitative estimate of drug-likeness (QED) is 0.423. The molecule has 0 aliphatic carbocycles. The summed E-state index contributed by atoms with van der Waals surface area (Å²) in [5.41, 5.74) is -0.700. The first kappa shape index (κ1) is 24.3. The van der Waals surface area contributed by atoms with Gasteiger partial charge in [-0.05, 0) is 42.8 Å². The lowest BCUT2D eigenvalue weighted by molar-refractivity contribution is -0.137. The van der Waals surface area contributed by atoms with E-state index in [0.29, 0.717) is 0 Å². The van der Waals surface area contributed by atoms with Crippen molar-refractivity contribution in [2.75, 3.05) is 17.7 Å². The normalized spacial score (nSPS) is 11.1. The fourth-order valence-corrected chi connectivity index (χ4v) is 4.25. The third kappa shape index (κ3) is 5.35. The summed E-state index contributed by atoms with van der Waals surface area (Å²) in [5, 5.41) is 5.17. The van der Waals surface area contributed by atoms with Gasteiger partial charge in [0.25, 0.3) is 11.8 Å². The number of nitrogens with one attached hydrogen (secondary N) is 2. The summed E-state index contributed by atoms with van der Waals surface area (Å²) in [5.74, 6) is -2.16. The Morgan fingerprint density at radius 2 is 1.70 bits per heavy atom. The first-order valence-corrected chi connectivity index (χ1v) is 10.5. The van der Waals surface area contributed by atoms with E-state index in [-0.39, 0.29) is 37.3 Å². The van der Waals surface area contributed by atoms with Gasteiger partial charge in [0.15, 0.2) is 0 Å². The van der Waals surface area contributed by atoms with Gasteiger partial charge in [0.05, 0.1) is 33.7 Å². The number of alkyl halides is 3. The molecule has 2 aromatic carbocycles. The molecule has 0 fully saturated rings. The molecule has 0 aliphatic heterocycles. The van der Waals surface area contributed by atoms with Crippen molar-refractivity contribution in [2.45, 2.75) is 13.1 Å². The molecule has 0 unspecified atom stereocenters. The van der Waals surface area contributed by atoms with Crippen LogP contribution in [0.15, 0.2) is 48.5 Å². The van der Waals surface area contributed by atoms with Gasteiger partial charge < -0.3 is 15.4 Å². The molecule has 1 heterocycles. The van der Waals surface area contributed by atoms with Crippen molar-refractivity contribution in [1.29, 1.82) is 0 Å². The van der Waals surface area contributed by atoms with Crippen molar-refractivity contribution in [3.8, 4) is 0 Å². The second-order valence-corrected chi connectivity index (χ2v) is 8.15. The van der Waals surface area contributed by atoms with E-state index in [0.717, 1.165) is 36.6 Å². The fraction of sp³-hybridized carbons (Fsp3) is 0.136. The van der Waals surface area contributed by atoms with Crippen LogP contribution in [0.5, 0.6) is 0 Å². The number of anilines is 2. The van der Waals surface area contributed by atoms with Gasteiger partial charge in [0.1, 0.15) is 5.00 Å². The van der Waals surface area contributed by atoms with E-state index in [4.69, 9.17) is 16.3 Å². The molecule has 3 rings (SSSR count). The van der Waals surface area contributed by atoms with Crippen LogP contribution < -0.4 is 10.6 Å². The third-order valence-electron chi connectivity index (χ3n) is 4.54. The molecule has 2 amide bonds. The average molecular weight is 497 g/mol. The van der Waals surface area contributed by atoms with E-state index >= 15 is 0 Å². The number of thiophene rings is 1. The highest BCUT2D eigenvalue weighted by Crippen LogP contribution is 2.35. The largest absolute Gasteiger partial charge is 0.465 e. The zero-order valence-corrected chi connectivity index (χ0v) is 18.7. The molecule has 11 heteroatoms. The lowest BCUT2D eigenvalue weighted by Crippen LogP contribution is -2.15. The lowest BCUT2D eigenvalue weighted by Gasteiger charge is -2.09. The molecule has 1 aromatic heterocycles. The molecular weight excluding hydrogens is 481 g/mol. The summed E-state index contributed by atoms with van der Waals surface area (Å²) >= 11 is 6.83. The Morgan fingerprint density at radius 1 is 1.00 bits per heavy atom. The van der Waals surface area contributed by atoms with Gasteiger partial charge in [-0.2, -0.15) is 13.2 Å². The summed E-state index contributed by atoms with van der Waals surface area (Å²) in [6.45, 7) is 1.47. The number of methoxy groups -OCH3 is 1. The highest BCUT2D eigenvalue weighted by atomic mass is 35.5. The Morgan fingerprint density at radius 3 is 2.33 bits per heavy atom. The van der Waals surface area contributed by atoms with Crippen LogP contribution in [-0.2, 0) is 10.9 Å². The predicted molar refractivity (Wildman–Crippen MR) is 119 cm³/mol. The van der Waals surface area contributed by atoms with Crippen molar-refractivity contribution in [2.24, 2.45) is 0 Å². The van der Waals surface area contributed by atoms with E-state index < -0.39 is 29.5 Å². The topological polar surface area (TPSA) is 84.5 Å². The molecule has 33 heavy (non-hydrogen) atoms. The molecule has 3 aromatic rings. The molecule has 2 N–H and O–H groups in total. The van der Waals surface area contributed by atoms with Crippen LogP contribution in [0.4, 0.5) is 23.9 Å². The Bertz CT molecular complexity index is 1240. The Labute approximate surface area is 195 Å². The van der Waals surface area contributed by atoms with Gasteiger partial charge in [-0.15, -0.1) is 11.3 Å². The minimum atomic E-state index is -4.58. The standard InChI is InChI=1S/C22H16ClF3N2O4S/c1-11-16(21(31)32-2)20(28-18(29)14-8-3-4-9-15(14)23)33-17(11)19(30)27-13-7-5-6-12(10-13)22(24,25)26/h3-10H,1-2H3,(H,27,30)(H,28,29). The van der Waals surface area contributed by atoms with E-state index in [9.17, 15) is 27.6 Å². The fourth-order valence-electron chi connectivity index (χ4n) is 2.94. The van der Waals surface area contributed by atoms with Crippen LogP contribution in [0.2, 0.25) is 5.02 Å². The van der Waals surface area contributed by atoms with Crippen molar-refractivity contribution >= 4 is 51.4 Å². The van der Waals surface area contributed by atoms with Crippen molar-refractivity contribution in [3.05, 3.63) is 80.7 Å². The van der Waals surface area contributed by atoms with E-state index in [1.807, 2.05) is 0 Å². The number of rotatable bonds is 5. The number of hydrogen-bond donors (Lipinski definition) is 2. The molecule has 0 saturated heterocycles. The maximum absolute atomic E-state index is 13.0. The van der Waals surface area contributed by atoms with E-state index in [1.54, 1.807) is 12.1 Å². The second-order valence-electron chi connectivity index (χ2n) is 6.72. The molecule has 0 radical (unpaired) electrons. The second kappa shape index (κ2) is 9.63. The van der Waals surface area contributed by atoms with Crippen LogP contribution in [-0.4, -0.2) is 24.9 Å². The summed E-state index contributed by atoms with van der Waals surface area (Å²) in [6, 6.07) is 10.4. The minimum Gasteiger partial charge on any atom is -0.465 e. The van der Waals surface area contributed by atoms with Crippen LogP contribution >= 0.6 is 22.9 Å². The molecule has 0 spiro atoms. The number of benzene rings is 2. The number of carbonyl (C=O) groups is 3. The zero-order chi connectivity index (χ0) is 24.3. The van der Waals surface area contributed by atoms with Crippen LogP contribution in [0.25, 0.3) is 0 Å². The predicted octanol–water partition coefficient (Wildman–Crippen LogP) is 6.02. The summed E-state index contributed by atoms with van der Waals surface area (Å²) in [4.78, 5) is 37.8. The summed E-state index contributed by atoms with van der Waals surface area (Å²) in [7, 11) is 1.14. The number of carbonyl (C=O) groups excluding carboxylic acids is 3. The van der Waals surface area contributed by atoms with Crippen molar-refractivity contribution in [3.63, 3.8) is 0 Å². The van der Waals surface area contributed by atoms with Gasteiger partial charge >= 0.3 is 12.1 Å². The molecular formula is C22H16ClF3N2O4S. The molecule has 0 bridgehead atoms. The van der Waals surface area contributed by atoms with Gasteiger partial charge in [-0.25, -0.2) is 4.79 Å². The zero-order valence-electron chi connectivity index (χ0n) is 17.2.